The molecule has 0 amide bonds. The first-order valence-corrected chi connectivity index (χ1v) is 8.36. The zero-order valence-electron chi connectivity index (χ0n) is 15.3. The highest BCUT2D eigenvalue weighted by Crippen LogP contribution is 2.40. The van der Waals surface area contributed by atoms with Gasteiger partial charge in [0.15, 0.2) is 0 Å². The van der Waals surface area contributed by atoms with Crippen LogP contribution in [0.3, 0.4) is 0 Å². The highest BCUT2D eigenvalue weighted by molar-refractivity contribution is 5.76. The van der Waals surface area contributed by atoms with Crippen LogP contribution in [0.1, 0.15) is 66.9 Å². The van der Waals surface area contributed by atoms with Gasteiger partial charge < -0.3 is 4.74 Å². The minimum atomic E-state index is -0.534. The van der Waals surface area contributed by atoms with E-state index in [1.807, 2.05) is 39.0 Å². The molecule has 0 heterocycles. The number of benzene rings is 1. The molecular formula is C20H32O2. The third-order valence-corrected chi connectivity index (χ3v) is 3.68. The number of hydrogen-bond acceptors (Lipinski definition) is 2. The quantitative estimate of drug-likeness (QED) is 0.643. The van der Waals surface area contributed by atoms with Crippen molar-refractivity contribution in [1.29, 1.82) is 0 Å². The first-order valence-electron chi connectivity index (χ1n) is 8.36. The lowest BCUT2D eigenvalue weighted by atomic mass is 9.79. The second kappa shape index (κ2) is 7.30. The van der Waals surface area contributed by atoms with Crippen LogP contribution in [-0.2, 0) is 15.1 Å². The van der Waals surface area contributed by atoms with E-state index < -0.39 is 11.0 Å². The van der Waals surface area contributed by atoms with Crippen LogP contribution in [0.25, 0.3) is 0 Å². The Morgan fingerprint density at radius 1 is 0.955 bits per heavy atom. The van der Waals surface area contributed by atoms with Crippen LogP contribution in [0.5, 0.6) is 0 Å². The molecule has 0 unspecified atom stereocenters. The molecule has 0 N–H and O–H groups in total. The number of ether oxygens (including phenoxy) is 1. The Bertz CT molecular complexity index is 456. The second-order valence-corrected chi connectivity index (χ2v) is 8.20. The van der Waals surface area contributed by atoms with Crippen LogP contribution in [0.15, 0.2) is 30.3 Å². The van der Waals surface area contributed by atoms with Gasteiger partial charge in [0, 0.05) is 0 Å². The van der Waals surface area contributed by atoms with Gasteiger partial charge in [-0.25, -0.2) is 0 Å². The lowest BCUT2D eigenvalue weighted by Gasteiger charge is -2.39. The molecule has 22 heavy (non-hydrogen) atoms. The van der Waals surface area contributed by atoms with Gasteiger partial charge in [0.05, 0.1) is 5.41 Å². The number of carbonyl (C=O) groups excluding carboxylic acids is 1. The lowest BCUT2D eigenvalue weighted by molar-refractivity contribution is -0.175. The molecule has 1 rings (SSSR count). The zero-order chi connectivity index (χ0) is 17.0. The summed E-state index contributed by atoms with van der Waals surface area (Å²) in [5.41, 5.74) is 0.0806. The Labute approximate surface area is 136 Å². The molecule has 2 nitrogen and oxygen atoms in total. The summed E-state index contributed by atoms with van der Waals surface area (Å²) in [6.07, 6.45) is 1.69. The van der Waals surface area contributed by atoms with Gasteiger partial charge in [-0.1, -0.05) is 58.0 Å². The van der Waals surface area contributed by atoms with Crippen LogP contribution >= 0.6 is 0 Å². The van der Waals surface area contributed by atoms with E-state index in [0.717, 1.165) is 18.4 Å². The summed E-state index contributed by atoms with van der Waals surface area (Å²) in [6.45, 7) is 14.5. The number of esters is 1. The Kier molecular flexibility index (Phi) is 6.22. The molecular weight excluding hydrogens is 272 g/mol. The van der Waals surface area contributed by atoms with Crippen molar-refractivity contribution in [3.63, 3.8) is 0 Å². The van der Waals surface area contributed by atoms with Gasteiger partial charge in [-0.15, -0.1) is 0 Å². The average molecular weight is 304 g/mol. The van der Waals surface area contributed by atoms with E-state index in [1.165, 1.54) is 0 Å². The predicted octanol–water partition coefficient (Wildman–Crippen LogP) is 5.56. The summed E-state index contributed by atoms with van der Waals surface area (Å²) in [7, 11) is 0. The summed E-state index contributed by atoms with van der Waals surface area (Å²) in [4.78, 5) is 12.6. The molecule has 0 atom stereocenters. The largest absolute Gasteiger partial charge is 0.454 e. The molecule has 0 bridgehead atoms. The van der Waals surface area contributed by atoms with E-state index in [-0.39, 0.29) is 5.97 Å². The van der Waals surface area contributed by atoms with Crippen molar-refractivity contribution in [3.8, 4) is 0 Å². The van der Waals surface area contributed by atoms with Gasteiger partial charge in [-0.3, -0.25) is 4.79 Å². The van der Waals surface area contributed by atoms with E-state index in [0.29, 0.717) is 11.8 Å². The summed E-state index contributed by atoms with van der Waals surface area (Å²) in [6, 6.07) is 10.2. The van der Waals surface area contributed by atoms with Crippen LogP contribution < -0.4 is 0 Å². The van der Waals surface area contributed by atoms with Crippen molar-refractivity contribution in [2.45, 2.75) is 66.9 Å². The van der Waals surface area contributed by atoms with E-state index in [9.17, 15) is 4.79 Å². The average Bonchev–Trinajstić information content (AvgIpc) is 2.36. The third-order valence-electron chi connectivity index (χ3n) is 3.68. The van der Waals surface area contributed by atoms with Crippen molar-refractivity contribution in [3.05, 3.63) is 35.9 Å². The predicted molar refractivity (Wildman–Crippen MR) is 92.6 cm³/mol. The maximum atomic E-state index is 12.6. The van der Waals surface area contributed by atoms with Crippen molar-refractivity contribution < 1.29 is 9.53 Å². The normalized spacial score (nSPS) is 12.8. The van der Waals surface area contributed by atoms with Gasteiger partial charge >= 0.3 is 5.97 Å². The number of carbonyl (C=O) groups is 1. The maximum Gasteiger partial charge on any atom is 0.312 e. The van der Waals surface area contributed by atoms with E-state index in [4.69, 9.17) is 4.74 Å². The fourth-order valence-electron chi connectivity index (χ4n) is 2.85. The lowest BCUT2D eigenvalue weighted by Crippen LogP contribution is -2.39. The molecule has 1 aromatic rings. The zero-order valence-corrected chi connectivity index (χ0v) is 15.3. The molecule has 0 aromatic heterocycles. The summed E-state index contributed by atoms with van der Waals surface area (Å²) < 4.78 is 6.17. The first-order chi connectivity index (χ1) is 10.1. The van der Waals surface area contributed by atoms with E-state index in [2.05, 4.69) is 39.8 Å². The minimum Gasteiger partial charge on any atom is -0.454 e. The van der Waals surface area contributed by atoms with Crippen LogP contribution in [0.2, 0.25) is 0 Å². The van der Waals surface area contributed by atoms with Gasteiger partial charge in [-0.2, -0.15) is 0 Å². The smallest absolute Gasteiger partial charge is 0.312 e. The molecule has 1 aromatic carbocycles. The van der Waals surface area contributed by atoms with Crippen LogP contribution in [0.4, 0.5) is 0 Å². The SMILES string of the molecule is CC(C)CC(CC(C)C)(OC(=O)C(C)(C)C)c1ccccc1. The molecule has 124 valence electrons. The summed E-state index contributed by atoms with van der Waals surface area (Å²) in [5.74, 6) is 0.774. The Hall–Kier alpha value is -1.31. The van der Waals surface area contributed by atoms with Gasteiger partial charge in [0.1, 0.15) is 5.60 Å². The fourth-order valence-corrected chi connectivity index (χ4v) is 2.85. The monoisotopic (exact) mass is 304 g/mol. The van der Waals surface area contributed by atoms with E-state index >= 15 is 0 Å². The molecule has 0 fully saturated rings. The van der Waals surface area contributed by atoms with Crippen LogP contribution in [-0.4, -0.2) is 5.97 Å². The van der Waals surface area contributed by atoms with Gasteiger partial charge in [0.2, 0.25) is 0 Å². The fraction of sp³-hybridized carbons (Fsp3) is 0.650. The van der Waals surface area contributed by atoms with Crippen molar-refractivity contribution >= 4 is 5.97 Å². The molecule has 0 saturated heterocycles. The minimum absolute atomic E-state index is 0.127. The second-order valence-electron chi connectivity index (χ2n) is 8.20. The molecule has 2 heteroatoms. The molecule has 0 aliphatic rings. The van der Waals surface area contributed by atoms with Gasteiger partial charge in [0.25, 0.3) is 0 Å². The first kappa shape index (κ1) is 18.7. The summed E-state index contributed by atoms with van der Waals surface area (Å²) in [5, 5.41) is 0. The Balaban J connectivity index is 3.29. The Morgan fingerprint density at radius 3 is 1.77 bits per heavy atom. The summed E-state index contributed by atoms with van der Waals surface area (Å²) >= 11 is 0. The highest BCUT2D eigenvalue weighted by Gasteiger charge is 2.40. The molecule has 0 radical (unpaired) electrons. The molecule has 0 saturated carbocycles. The number of hydrogen-bond donors (Lipinski definition) is 0. The van der Waals surface area contributed by atoms with Crippen LogP contribution in [0, 0.1) is 17.3 Å². The molecule has 0 aliphatic carbocycles. The van der Waals surface area contributed by atoms with Gasteiger partial charge in [-0.05, 0) is 51.0 Å². The van der Waals surface area contributed by atoms with Crippen molar-refractivity contribution in [2.24, 2.45) is 17.3 Å². The molecule has 0 spiro atoms. The topological polar surface area (TPSA) is 26.3 Å². The third kappa shape index (κ3) is 5.15. The number of rotatable bonds is 6. The van der Waals surface area contributed by atoms with Crippen molar-refractivity contribution in [1.82, 2.24) is 0 Å². The standard InChI is InChI=1S/C20H32O2/c1-15(2)13-20(14-16(3)4,17-11-9-8-10-12-17)22-18(21)19(5,6)7/h8-12,15-16H,13-14H2,1-7H3. The van der Waals surface area contributed by atoms with Crippen molar-refractivity contribution in [2.75, 3.05) is 0 Å². The maximum absolute atomic E-state index is 12.6. The Morgan fingerprint density at radius 2 is 1.41 bits per heavy atom. The van der Waals surface area contributed by atoms with E-state index in [1.54, 1.807) is 0 Å². The highest BCUT2D eigenvalue weighted by atomic mass is 16.6. The molecule has 0 aliphatic heterocycles.